The summed E-state index contributed by atoms with van der Waals surface area (Å²) in [6, 6.07) is 16.7. The second kappa shape index (κ2) is 7.11. The first kappa shape index (κ1) is 21.6. The van der Waals surface area contributed by atoms with Gasteiger partial charge >= 0.3 is 0 Å². The number of carbonyl (C=O) groups excluding carboxylic acids is 1. The van der Waals surface area contributed by atoms with E-state index in [-0.39, 0.29) is 24.3 Å². The van der Waals surface area contributed by atoms with Crippen molar-refractivity contribution in [1.29, 1.82) is 0 Å². The number of hydrogen-bond acceptors (Lipinski definition) is 5. The minimum atomic E-state index is -0.813. The molecule has 188 valence electrons. The van der Waals surface area contributed by atoms with E-state index < -0.39 is 12.0 Å². The minimum Gasteiger partial charge on any atom is -0.375 e. The molecule has 1 amide bonds. The molecule has 1 saturated heterocycles. The number of ether oxygens (including phenoxy) is 3. The minimum absolute atomic E-state index is 0.0531. The highest BCUT2D eigenvalue weighted by atomic mass is 16.6. The number of aromatic nitrogens is 2. The Morgan fingerprint density at radius 2 is 1.70 bits per heavy atom. The van der Waals surface area contributed by atoms with Crippen LogP contribution >= 0.6 is 0 Å². The van der Waals surface area contributed by atoms with Gasteiger partial charge in [0, 0.05) is 53.8 Å². The Hall–Kier alpha value is -3.43. The molecule has 3 aliphatic rings. The van der Waals surface area contributed by atoms with Crippen molar-refractivity contribution in [3.05, 3.63) is 59.7 Å². The summed E-state index contributed by atoms with van der Waals surface area (Å²) in [6.07, 6.45) is -0.302. The molecule has 8 heteroatoms. The average Bonchev–Trinajstić information content (AvgIpc) is 3.53. The summed E-state index contributed by atoms with van der Waals surface area (Å²) in [6.45, 7) is 2.13. The van der Waals surface area contributed by atoms with Crippen molar-refractivity contribution in [2.45, 2.75) is 43.7 Å². The van der Waals surface area contributed by atoms with Crippen molar-refractivity contribution in [2.75, 3.05) is 21.3 Å². The van der Waals surface area contributed by atoms with Gasteiger partial charge in [-0.3, -0.25) is 4.79 Å². The maximum Gasteiger partial charge on any atom is 0.254 e. The number of likely N-dealkylation sites (N-methyl/N-ethyl adjacent to an activating group) is 1. The Bertz CT molecular complexity index is 1800. The van der Waals surface area contributed by atoms with E-state index in [1.54, 1.807) is 14.2 Å². The highest BCUT2D eigenvalue weighted by molar-refractivity contribution is 6.31. The molecule has 0 saturated carbocycles. The molecule has 2 bridgehead atoms. The van der Waals surface area contributed by atoms with Crippen LogP contribution < -0.4 is 10.6 Å². The highest BCUT2D eigenvalue weighted by Crippen LogP contribution is 2.54. The number of benzene rings is 3. The number of nitrogens with one attached hydrogen (secondary N) is 2. The zero-order chi connectivity index (χ0) is 25.2. The fourth-order valence-electron chi connectivity index (χ4n) is 7.54. The average molecular weight is 497 g/mol. The fraction of sp³-hybridized carbons (Fsp3) is 0.345. The molecule has 0 spiro atoms. The molecule has 37 heavy (non-hydrogen) atoms. The summed E-state index contributed by atoms with van der Waals surface area (Å²) < 4.78 is 23.8. The zero-order valence-corrected chi connectivity index (χ0v) is 21.2. The number of fused-ring (bicyclic) bond motifs is 13. The van der Waals surface area contributed by atoms with Crippen molar-refractivity contribution < 1.29 is 19.0 Å². The van der Waals surface area contributed by atoms with Crippen LogP contribution in [0.4, 0.5) is 0 Å². The molecular formula is C29H28N4O4. The highest BCUT2D eigenvalue weighted by Gasteiger charge is 2.53. The zero-order valence-electron chi connectivity index (χ0n) is 21.2. The van der Waals surface area contributed by atoms with Gasteiger partial charge in [0.25, 0.3) is 5.91 Å². The lowest BCUT2D eigenvalue weighted by atomic mass is 9.93. The van der Waals surface area contributed by atoms with E-state index in [0.29, 0.717) is 5.56 Å². The summed E-state index contributed by atoms with van der Waals surface area (Å²) in [5.41, 5.74) is 4.95. The SMILES string of the molecule is CN[C@@H]1C[C@@H]2O[C@@](C)([C@H]1OC)n1c3ccccc3c3c4c(c5c6ccccc6n2c5c31)C(=O)N[C@@H]4OC. The molecule has 5 atom stereocenters. The first-order valence-electron chi connectivity index (χ1n) is 12.8. The Morgan fingerprint density at radius 3 is 2.41 bits per heavy atom. The molecule has 2 aromatic heterocycles. The maximum atomic E-state index is 13.6. The number of hydrogen-bond donors (Lipinski definition) is 2. The smallest absolute Gasteiger partial charge is 0.254 e. The molecule has 1 fully saturated rings. The first-order chi connectivity index (χ1) is 18.0. The summed E-state index contributed by atoms with van der Waals surface area (Å²) >= 11 is 0. The van der Waals surface area contributed by atoms with Gasteiger partial charge in [0.05, 0.1) is 27.6 Å². The molecule has 0 aliphatic carbocycles. The topological polar surface area (TPSA) is 78.7 Å². The molecular weight excluding hydrogens is 468 g/mol. The van der Waals surface area contributed by atoms with Crippen LogP contribution in [0.25, 0.3) is 43.6 Å². The summed E-state index contributed by atoms with van der Waals surface area (Å²) in [5.74, 6) is -0.106. The molecule has 8 nitrogen and oxygen atoms in total. The standard InChI is InChI=1S/C29H28N4O4/c1-29-26(35-3)16(30-2)13-19(37-29)32-17-11-7-5-9-14(17)20-22-23(28(36-4)31-27(22)34)21-15-10-6-8-12-18(15)33(29)25(21)24(20)32/h5-12,16,19,26,28,30H,13H2,1-4H3,(H,31,34)/t16-,19+,26+,28-,29+/m1/s1. The van der Waals surface area contributed by atoms with Gasteiger partial charge in [-0.25, -0.2) is 0 Å². The van der Waals surface area contributed by atoms with E-state index in [1.807, 2.05) is 19.2 Å². The lowest BCUT2D eigenvalue weighted by Gasteiger charge is -2.48. The molecule has 0 unspecified atom stereocenters. The molecule has 0 radical (unpaired) electrons. The molecule has 5 heterocycles. The third-order valence-corrected chi connectivity index (χ3v) is 8.87. The lowest BCUT2D eigenvalue weighted by Crippen LogP contribution is -2.59. The molecule has 3 aliphatic heterocycles. The molecule has 2 N–H and O–H groups in total. The van der Waals surface area contributed by atoms with Gasteiger partial charge in [0.15, 0.2) is 12.0 Å². The van der Waals surface area contributed by atoms with Crippen LogP contribution in [0.15, 0.2) is 48.5 Å². The first-order valence-corrected chi connectivity index (χ1v) is 12.8. The van der Waals surface area contributed by atoms with Crippen molar-refractivity contribution >= 4 is 49.5 Å². The van der Waals surface area contributed by atoms with Gasteiger partial charge in [0.1, 0.15) is 12.3 Å². The van der Waals surface area contributed by atoms with Crippen molar-refractivity contribution in [1.82, 2.24) is 19.8 Å². The van der Waals surface area contributed by atoms with Crippen LogP contribution in [-0.2, 0) is 19.9 Å². The predicted octanol–water partition coefficient (Wildman–Crippen LogP) is 4.50. The number of para-hydroxylation sites is 2. The van der Waals surface area contributed by atoms with E-state index >= 15 is 0 Å². The van der Waals surface area contributed by atoms with E-state index in [0.717, 1.165) is 55.6 Å². The Morgan fingerprint density at radius 1 is 1.00 bits per heavy atom. The summed E-state index contributed by atoms with van der Waals surface area (Å²) in [4.78, 5) is 13.6. The van der Waals surface area contributed by atoms with Crippen LogP contribution in [-0.4, -0.2) is 48.5 Å². The number of methoxy groups -OCH3 is 2. The second-order valence-corrected chi connectivity index (χ2v) is 10.5. The third kappa shape index (κ3) is 2.36. The lowest BCUT2D eigenvalue weighted by molar-refractivity contribution is -0.256. The third-order valence-electron chi connectivity index (χ3n) is 8.87. The number of amides is 1. The molecule has 5 aromatic rings. The Labute approximate surface area is 213 Å². The van der Waals surface area contributed by atoms with Crippen molar-refractivity contribution in [3.8, 4) is 0 Å². The van der Waals surface area contributed by atoms with E-state index in [4.69, 9.17) is 14.2 Å². The fourth-order valence-corrected chi connectivity index (χ4v) is 7.54. The van der Waals surface area contributed by atoms with Crippen molar-refractivity contribution in [3.63, 3.8) is 0 Å². The van der Waals surface area contributed by atoms with Crippen LogP contribution in [0.2, 0.25) is 0 Å². The van der Waals surface area contributed by atoms with Gasteiger partial charge in [-0.05, 0) is 26.1 Å². The molecule has 8 rings (SSSR count). The second-order valence-electron chi connectivity index (χ2n) is 10.5. The van der Waals surface area contributed by atoms with Crippen LogP contribution in [0.1, 0.15) is 41.7 Å². The van der Waals surface area contributed by atoms with Crippen LogP contribution in [0.5, 0.6) is 0 Å². The predicted molar refractivity (Wildman–Crippen MR) is 142 cm³/mol. The van der Waals surface area contributed by atoms with Crippen molar-refractivity contribution in [2.24, 2.45) is 0 Å². The van der Waals surface area contributed by atoms with Gasteiger partial charge in [-0.2, -0.15) is 0 Å². The monoisotopic (exact) mass is 496 g/mol. The van der Waals surface area contributed by atoms with E-state index in [9.17, 15) is 4.79 Å². The summed E-state index contributed by atoms with van der Waals surface area (Å²) in [5, 5.41) is 10.7. The van der Waals surface area contributed by atoms with Gasteiger partial charge in [-0.15, -0.1) is 0 Å². The maximum absolute atomic E-state index is 13.6. The number of nitrogens with zero attached hydrogens (tertiary/aromatic N) is 2. The number of rotatable bonds is 3. The van der Waals surface area contributed by atoms with Crippen LogP contribution in [0, 0.1) is 0 Å². The van der Waals surface area contributed by atoms with Crippen LogP contribution in [0.3, 0.4) is 0 Å². The number of carbonyl (C=O) groups is 1. The van der Waals surface area contributed by atoms with E-state index in [1.165, 1.54) is 0 Å². The summed E-state index contributed by atoms with van der Waals surface area (Å²) in [7, 11) is 5.39. The Kier molecular flexibility index (Phi) is 4.16. The van der Waals surface area contributed by atoms with E-state index in [2.05, 4.69) is 63.1 Å². The van der Waals surface area contributed by atoms with Gasteiger partial charge in [-0.1, -0.05) is 36.4 Å². The molecule has 3 aromatic carbocycles. The quantitative estimate of drug-likeness (QED) is 0.385. The largest absolute Gasteiger partial charge is 0.375 e. The van der Waals surface area contributed by atoms with Gasteiger partial charge in [0.2, 0.25) is 0 Å². The van der Waals surface area contributed by atoms with Gasteiger partial charge < -0.3 is 34.0 Å². The normalized spacial score (nSPS) is 28.5. The Balaban J connectivity index is 1.72.